The first-order valence-corrected chi connectivity index (χ1v) is 7.76. The fourth-order valence-electron chi connectivity index (χ4n) is 2.31. The van der Waals surface area contributed by atoms with E-state index in [2.05, 4.69) is 9.97 Å². The number of H-pyrrole nitrogens is 2. The van der Waals surface area contributed by atoms with Crippen LogP contribution in [0, 0.1) is 5.41 Å². The number of fused-ring (bicyclic) bond motifs is 1. The molecule has 23 heavy (non-hydrogen) atoms. The smallest absolute Gasteiger partial charge is 0.270 e. The lowest BCUT2D eigenvalue weighted by Gasteiger charge is -2.18. The molecule has 0 aromatic carbocycles. The number of hydrogen-bond acceptors (Lipinski definition) is 3. The van der Waals surface area contributed by atoms with Crippen LogP contribution in [0.1, 0.15) is 41.7 Å². The number of carbonyl (C=O) groups excluding carboxylic acids is 2. The fraction of sp³-hybridized carbons (Fsp3) is 0.529. The number of amides is 1. The molecule has 0 saturated heterocycles. The van der Waals surface area contributed by atoms with Crippen molar-refractivity contribution in [3.63, 3.8) is 0 Å². The summed E-state index contributed by atoms with van der Waals surface area (Å²) in [6.45, 7) is 7.13. The lowest BCUT2D eigenvalue weighted by Crippen LogP contribution is -2.33. The molecule has 0 aliphatic rings. The van der Waals surface area contributed by atoms with Gasteiger partial charge in [0.2, 0.25) is 0 Å². The number of hydrogen-bond donors (Lipinski definition) is 2. The van der Waals surface area contributed by atoms with Crippen LogP contribution in [-0.2, 0) is 0 Å². The number of aromatic nitrogens is 2. The molecule has 2 N–H and O–H groups in total. The highest BCUT2D eigenvalue weighted by molar-refractivity contribution is 6.03. The SMILES string of the molecule is CN(C)CCN(C)C(=O)c1cc2cc(C(=O)C(C)(C)C)[nH]c2[nH]1. The maximum Gasteiger partial charge on any atom is 0.270 e. The van der Waals surface area contributed by atoms with E-state index in [1.807, 2.05) is 39.8 Å². The summed E-state index contributed by atoms with van der Waals surface area (Å²) < 4.78 is 0. The highest BCUT2D eigenvalue weighted by Gasteiger charge is 2.25. The summed E-state index contributed by atoms with van der Waals surface area (Å²) in [6.07, 6.45) is 0. The normalized spacial score (nSPS) is 12.1. The Bertz CT molecular complexity index is 687. The molecule has 6 nitrogen and oxygen atoms in total. The Morgan fingerprint density at radius 2 is 1.57 bits per heavy atom. The molecule has 0 aliphatic heterocycles. The summed E-state index contributed by atoms with van der Waals surface area (Å²) >= 11 is 0. The van der Waals surface area contributed by atoms with E-state index in [0.717, 1.165) is 11.9 Å². The summed E-state index contributed by atoms with van der Waals surface area (Å²) in [7, 11) is 5.74. The molecule has 2 aromatic rings. The van der Waals surface area contributed by atoms with Gasteiger partial charge >= 0.3 is 0 Å². The summed E-state index contributed by atoms with van der Waals surface area (Å²) in [5, 5.41) is 0.849. The molecule has 2 heterocycles. The molecular weight excluding hydrogens is 292 g/mol. The number of nitrogens with zero attached hydrogens (tertiary/aromatic N) is 2. The number of rotatable bonds is 5. The van der Waals surface area contributed by atoms with Gasteiger partial charge in [-0.2, -0.15) is 0 Å². The van der Waals surface area contributed by atoms with Gasteiger partial charge in [-0.15, -0.1) is 0 Å². The van der Waals surface area contributed by atoms with Crippen LogP contribution < -0.4 is 0 Å². The first kappa shape index (κ1) is 17.3. The van der Waals surface area contributed by atoms with Gasteiger partial charge in [0, 0.05) is 30.9 Å². The molecule has 0 bridgehead atoms. The topological polar surface area (TPSA) is 72.2 Å². The molecule has 6 heteroatoms. The van der Waals surface area contributed by atoms with Gasteiger partial charge in [-0.1, -0.05) is 20.8 Å². The number of aromatic amines is 2. The second kappa shape index (κ2) is 6.20. The van der Waals surface area contributed by atoms with Crippen molar-refractivity contribution in [1.29, 1.82) is 0 Å². The van der Waals surface area contributed by atoms with E-state index in [4.69, 9.17) is 0 Å². The molecule has 0 fully saturated rings. The van der Waals surface area contributed by atoms with E-state index < -0.39 is 5.41 Å². The van der Waals surface area contributed by atoms with Crippen LogP contribution >= 0.6 is 0 Å². The Hall–Kier alpha value is -2.08. The molecule has 126 valence electrons. The second-order valence-electron chi connectivity index (χ2n) is 7.31. The number of carbonyl (C=O) groups is 2. The molecule has 2 aromatic heterocycles. The Labute approximate surface area is 136 Å². The summed E-state index contributed by atoms with van der Waals surface area (Å²) in [5.41, 5.74) is 1.37. The zero-order valence-electron chi connectivity index (χ0n) is 14.8. The van der Waals surface area contributed by atoms with Crippen molar-refractivity contribution in [2.45, 2.75) is 20.8 Å². The molecule has 2 rings (SSSR count). The number of ketones is 1. The van der Waals surface area contributed by atoms with Crippen molar-refractivity contribution in [2.24, 2.45) is 5.41 Å². The van der Waals surface area contributed by atoms with E-state index in [1.165, 1.54) is 0 Å². The molecular formula is C17H26N4O2. The van der Waals surface area contributed by atoms with Gasteiger partial charge in [-0.05, 0) is 26.2 Å². The minimum absolute atomic E-state index is 0.0538. The predicted octanol–water partition coefficient (Wildman–Crippen LogP) is 2.36. The van der Waals surface area contributed by atoms with Crippen LogP contribution in [0.5, 0.6) is 0 Å². The van der Waals surface area contributed by atoms with Gasteiger partial charge in [-0.25, -0.2) is 0 Å². The Kier molecular flexibility index (Phi) is 4.66. The molecule has 0 spiro atoms. The monoisotopic (exact) mass is 318 g/mol. The minimum atomic E-state index is -0.437. The molecule has 0 radical (unpaired) electrons. The quantitative estimate of drug-likeness (QED) is 0.831. The Morgan fingerprint density at radius 3 is 2.09 bits per heavy atom. The van der Waals surface area contributed by atoms with Gasteiger partial charge in [-0.3, -0.25) is 9.59 Å². The van der Waals surface area contributed by atoms with E-state index in [-0.39, 0.29) is 11.7 Å². The van der Waals surface area contributed by atoms with E-state index in [9.17, 15) is 9.59 Å². The first-order valence-electron chi connectivity index (χ1n) is 7.76. The fourth-order valence-corrected chi connectivity index (χ4v) is 2.31. The molecule has 0 unspecified atom stereocenters. The summed E-state index contributed by atoms with van der Waals surface area (Å²) in [6, 6.07) is 3.59. The van der Waals surface area contributed by atoms with Gasteiger partial charge in [0.25, 0.3) is 5.91 Å². The third kappa shape index (κ3) is 3.82. The van der Waals surface area contributed by atoms with Crippen molar-refractivity contribution >= 4 is 22.7 Å². The predicted molar refractivity (Wildman–Crippen MR) is 91.9 cm³/mol. The summed E-state index contributed by atoms with van der Waals surface area (Å²) in [5.74, 6) is -0.00164. The standard InChI is InChI=1S/C17H26N4O2/c1-17(2,3)14(22)12-9-11-10-13(19-15(11)18-12)16(23)21(6)8-7-20(4)5/h9-10,18-19H,7-8H2,1-6H3. The lowest BCUT2D eigenvalue weighted by atomic mass is 9.89. The van der Waals surface area contributed by atoms with Gasteiger partial charge in [0.1, 0.15) is 11.3 Å². The average Bonchev–Trinajstić information content (AvgIpc) is 3.00. The van der Waals surface area contributed by atoms with Gasteiger partial charge in [0.15, 0.2) is 5.78 Å². The highest BCUT2D eigenvalue weighted by atomic mass is 16.2. The van der Waals surface area contributed by atoms with Crippen LogP contribution in [-0.4, -0.2) is 65.7 Å². The third-order valence-electron chi connectivity index (χ3n) is 3.79. The Morgan fingerprint density at radius 1 is 1.00 bits per heavy atom. The number of Topliss-reactive ketones (excluding diaryl/α,β-unsaturated/α-hetero) is 1. The molecule has 0 aliphatic carbocycles. The van der Waals surface area contributed by atoms with Crippen LogP contribution in [0.2, 0.25) is 0 Å². The van der Waals surface area contributed by atoms with Gasteiger partial charge in [0.05, 0.1) is 5.69 Å². The zero-order chi connectivity index (χ0) is 17.4. The van der Waals surface area contributed by atoms with Crippen molar-refractivity contribution in [3.8, 4) is 0 Å². The van der Waals surface area contributed by atoms with Crippen molar-refractivity contribution in [3.05, 3.63) is 23.5 Å². The molecule has 1 amide bonds. The number of nitrogens with one attached hydrogen (secondary N) is 2. The maximum absolute atomic E-state index is 12.4. The largest absolute Gasteiger partial charge is 0.339 e. The van der Waals surface area contributed by atoms with Crippen LogP contribution in [0.3, 0.4) is 0 Å². The van der Waals surface area contributed by atoms with Crippen LogP contribution in [0.15, 0.2) is 12.1 Å². The summed E-state index contributed by atoms with van der Waals surface area (Å²) in [4.78, 5) is 34.6. The average molecular weight is 318 g/mol. The van der Waals surface area contributed by atoms with Crippen molar-refractivity contribution in [2.75, 3.05) is 34.2 Å². The molecule has 0 atom stereocenters. The second-order valence-corrected chi connectivity index (χ2v) is 7.31. The van der Waals surface area contributed by atoms with Crippen molar-refractivity contribution < 1.29 is 9.59 Å². The van der Waals surface area contributed by atoms with E-state index in [0.29, 0.717) is 23.6 Å². The van der Waals surface area contributed by atoms with Crippen molar-refractivity contribution in [1.82, 2.24) is 19.8 Å². The van der Waals surface area contributed by atoms with E-state index in [1.54, 1.807) is 24.1 Å². The molecule has 0 saturated carbocycles. The third-order valence-corrected chi connectivity index (χ3v) is 3.79. The van der Waals surface area contributed by atoms with Crippen LogP contribution in [0.4, 0.5) is 0 Å². The van der Waals surface area contributed by atoms with Gasteiger partial charge < -0.3 is 19.8 Å². The van der Waals surface area contributed by atoms with Crippen LogP contribution in [0.25, 0.3) is 11.0 Å². The highest BCUT2D eigenvalue weighted by Crippen LogP contribution is 2.24. The minimum Gasteiger partial charge on any atom is -0.339 e. The maximum atomic E-state index is 12.4. The van der Waals surface area contributed by atoms with E-state index >= 15 is 0 Å². The number of likely N-dealkylation sites (N-methyl/N-ethyl adjacent to an activating group) is 2. The zero-order valence-corrected chi connectivity index (χ0v) is 14.8. The Balaban J connectivity index is 2.17. The lowest BCUT2D eigenvalue weighted by molar-refractivity contribution is 0.0781. The first-order chi connectivity index (χ1) is 10.6.